The highest BCUT2D eigenvalue weighted by Crippen LogP contribution is 2.41. The van der Waals surface area contributed by atoms with Gasteiger partial charge in [-0.25, -0.2) is 4.79 Å². The number of ether oxygens (including phenoxy) is 1. The van der Waals surface area contributed by atoms with Crippen molar-refractivity contribution in [1.82, 2.24) is 10.2 Å². The van der Waals surface area contributed by atoms with Crippen molar-refractivity contribution in [3.63, 3.8) is 0 Å². The highest BCUT2D eigenvalue weighted by atomic mass is 16.6. The molecule has 0 spiro atoms. The minimum atomic E-state index is -1.02. The van der Waals surface area contributed by atoms with Gasteiger partial charge in [0, 0.05) is 18.2 Å². The Morgan fingerprint density at radius 3 is 2.05 bits per heavy atom. The van der Waals surface area contributed by atoms with E-state index in [0.29, 0.717) is 5.56 Å². The molecule has 4 rings (SSSR count). The summed E-state index contributed by atoms with van der Waals surface area (Å²) in [5.74, 6) is -0.418. The predicted molar refractivity (Wildman–Crippen MR) is 173 cm³/mol. The lowest BCUT2D eigenvalue weighted by molar-refractivity contribution is -0.141. The summed E-state index contributed by atoms with van der Waals surface area (Å²) in [4.78, 5) is 43.9. The molecule has 4 atom stereocenters. The average Bonchev–Trinajstić information content (AvgIpc) is 3.63. The number of phenols is 1. The van der Waals surface area contributed by atoms with Crippen LogP contribution < -0.4 is 10.6 Å². The monoisotopic (exact) mass is 599 g/mol. The molecule has 0 aliphatic heterocycles. The third-order valence-electron chi connectivity index (χ3n) is 7.86. The summed E-state index contributed by atoms with van der Waals surface area (Å²) < 4.78 is 5.54. The molecule has 1 fully saturated rings. The number of aryl methyl sites for hydroxylation is 4. The van der Waals surface area contributed by atoms with E-state index >= 15 is 0 Å². The molecule has 234 valence electrons. The normalized spacial score (nSPS) is 17.3. The van der Waals surface area contributed by atoms with Crippen LogP contribution in [-0.2, 0) is 20.7 Å². The second-order valence-electron chi connectivity index (χ2n) is 13.2. The largest absolute Gasteiger partial charge is 0.508 e. The first-order chi connectivity index (χ1) is 20.6. The molecule has 8 nitrogen and oxygen atoms in total. The van der Waals surface area contributed by atoms with Gasteiger partial charge in [0.2, 0.25) is 5.91 Å². The minimum absolute atomic E-state index is 0.100. The molecule has 3 aromatic rings. The highest BCUT2D eigenvalue weighted by molar-refractivity contribution is 6.00. The molecule has 1 saturated carbocycles. The van der Waals surface area contributed by atoms with Crippen LogP contribution in [0, 0.1) is 33.6 Å². The van der Waals surface area contributed by atoms with Crippen molar-refractivity contribution in [2.75, 3.05) is 5.32 Å². The van der Waals surface area contributed by atoms with Gasteiger partial charge >= 0.3 is 6.09 Å². The second-order valence-corrected chi connectivity index (χ2v) is 13.2. The summed E-state index contributed by atoms with van der Waals surface area (Å²) in [6.07, 6.45) is 0.164. The molecule has 0 saturated heterocycles. The van der Waals surface area contributed by atoms with Crippen LogP contribution in [0.4, 0.5) is 10.5 Å². The van der Waals surface area contributed by atoms with Crippen molar-refractivity contribution in [2.45, 2.75) is 92.0 Å². The fraction of sp³-hybridized carbons (Fsp3) is 0.417. The number of benzene rings is 3. The summed E-state index contributed by atoms with van der Waals surface area (Å²) in [5.41, 5.74) is 5.20. The van der Waals surface area contributed by atoms with Crippen molar-refractivity contribution in [2.24, 2.45) is 5.92 Å². The van der Waals surface area contributed by atoms with Crippen molar-refractivity contribution in [3.8, 4) is 5.75 Å². The van der Waals surface area contributed by atoms with Gasteiger partial charge in [-0.1, -0.05) is 66.6 Å². The number of rotatable bonds is 9. The molecular formula is C36H45N3O5. The number of amides is 3. The summed E-state index contributed by atoms with van der Waals surface area (Å²) in [7, 11) is 0. The lowest BCUT2D eigenvalue weighted by atomic mass is 9.96. The SMILES string of the molecule is Cc1cc(C)cc(C(C(=O)Nc2c(C)cccc2C)N(C(=O)C(Cc2ccc(O)cc2)NC(=O)OC(C)(C)C)C2CC2C)c1. The summed E-state index contributed by atoms with van der Waals surface area (Å²) in [5, 5.41) is 15.8. The Bertz CT molecular complexity index is 1490. The average molecular weight is 600 g/mol. The van der Waals surface area contributed by atoms with Gasteiger partial charge in [-0.05, 0) is 95.2 Å². The Morgan fingerprint density at radius 2 is 1.52 bits per heavy atom. The number of alkyl carbamates (subject to hydrolysis) is 1. The van der Waals surface area contributed by atoms with E-state index < -0.39 is 23.8 Å². The van der Waals surface area contributed by atoms with Crippen LogP contribution in [0.5, 0.6) is 5.75 Å². The van der Waals surface area contributed by atoms with Crippen LogP contribution in [0.15, 0.2) is 60.7 Å². The zero-order valence-electron chi connectivity index (χ0n) is 27.0. The molecule has 0 heterocycles. The van der Waals surface area contributed by atoms with Gasteiger partial charge in [0.1, 0.15) is 23.4 Å². The Labute approximate surface area is 260 Å². The Balaban J connectivity index is 1.80. The second kappa shape index (κ2) is 13.1. The van der Waals surface area contributed by atoms with E-state index in [1.807, 2.05) is 64.1 Å². The first-order valence-corrected chi connectivity index (χ1v) is 15.2. The van der Waals surface area contributed by atoms with Crippen LogP contribution in [0.25, 0.3) is 0 Å². The van der Waals surface area contributed by atoms with E-state index in [1.54, 1.807) is 49.9 Å². The van der Waals surface area contributed by atoms with E-state index in [4.69, 9.17) is 4.74 Å². The van der Waals surface area contributed by atoms with Crippen molar-refractivity contribution < 1.29 is 24.2 Å². The van der Waals surface area contributed by atoms with Gasteiger partial charge in [-0.3, -0.25) is 9.59 Å². The number of aromatic hydroxyl groups is 1. The molecule has 1 aliphatic rings. The molecule has 8 heteroatoms. The van der Waals surface area contributed by atoms with E-state index in [2.05, 4.69) is 17.6 Å². The molecule has 4 unspecified atom stereocenters. The van der Waals surface area contributed by atoms with Gasteiger partial charge in [0.15, 0.2) is 0 Å². The predicted octanol–water partition coefficient (Wildman–Crippen LogP) is 6.68. The number of nitrogens with zero attached hydrogens (tertiary/aromatic N) is 1. The molecule has 3 amide bonds. The third-order valence-corrected chi connectivity index (χ3v) is 7.86. The summed E-state index contributed by atoms with van der Waals surface area (Å²) >= 11 is 0. The van der Waals surface area contributed by atoms with Gasteiger partial charge < -0.3 is 25.4 Å². The topological polar surface area (TPSA) is 108 Å². The van der Waals surface area contributed by atoms with E-state index in [1.165, 1.54) is 0 Å². The molecule has 3 N–H and O–H groups in total. The number of carbonyl (C=O) groups is 3. The number of hydrogen-bond donors (Lipinski definition) is 3. The van der Waals surface area contributed by atoms with E-state index in [9.17, 15) is 19.5 Å². The standard InChI is InChI=1S/C36H45N3O5/c1-21-16-22(2)18-27(17-21)32(33(41)38-31-23(3)10-9-11-24(31)4)39(30-19-25(30)5)34(42)29(37-35(43)44-36(6,7)8)20-26-12-14-28(40)15-13-26/h9-18,25,29-30,32,40H,19-20H2,1-8H3,(H,37,43)(H,38,41). The summed E-state index contributed by atoms with van der Waals surface area (Å²) in [6.45, 7) is 15.2. The van der Waals surface area contributed by atoms with Crippen LogP contribution in [-0.4, -0.2) is 45.6 Å². The lowest BCUT2D eigenvalue weighted by Gasteiger charge is -2.35. The molecule has 0 aromatic heterocycles. The molecule has 0 radical (unpaired) electrons. The Morgan fingerprint density at radius 1 is 0.955 bits per heavy atom. The van der Waals surface area contributed by atoms with Gasteiger partial charge in [-0.2, -0.15) is 0 Å². The van der Waals surface area contributed by atoms with Gasteiger partial charge in [0.25, 0.3) is 5.91 Å². The zero-order valence-corrected chi connectivity index (χ0v) is 27.0. The highest BCUT2D eigenvalue weighted by Gasteiger charge is 2.48. The molecular weight excluding hydrogens is 554 g/mol. The van der Waals surface area contributed by atoms with E-state index in [-0.39, 0.29) is 35.9 Å². The van der Waals surface area contributed by atoms with Crippen LogP contribution in [0.1, 0.15) is 73.5 Å². The Kier molecular flexibility index (Phi) is 9.72. The number of nitrogens with one attached hydrogen (secondary N) is 2. The van der Waals surface area contributed by atoms with Crippen LogP contribution in [0.2, 0.25) is 0 Å². The van der Waals surface area contributed by atoms with Crippen LogP contribution >= 0.6 is 0 Å². The quantitative estimate of drug-likeness (QED) is 0.254. The first-order valence-electron chi connectivity index (χ1n) is 15.2. The number of phenolic OH excluding ortho intramolecular Hbond substituents is 1. The summed E-state index contributed by atoms with van der Waals surface area (Å²) in [6, 6.07) is 16.1. The maximum Gasteiger partial charge on any atom is 0.408 e. The fourth-order valence-electron chi connectivity index (χ4n) is 5.68. The molecule has 3 aromatic carbocycles. The van der Waals surface area contributed by atoms with Crippen molar-refractivity contribution in [1.29, 1.82) is 0 Å². The number of anilines is 1. The molecule has 0 bridgehead atoms. The minimum Gasteiger partial charge on any atom is -0.508 e. The number of carbonyl (C=O) groups excluding carboxylic acids is 3. The maximum absolute atomic E-state index is 14.7. The lowest BCUT2D eigenvalue weighted by Crippen LogP contribution is -2.54. The smallest absolute Gasteiger partial charge is 0.408 e. The Hall–Kier alpha value is -4.33. The van der Waals surface area contributed by atoms with Gasteiger partial charge in [0.05, 0.1) is 0 Å². The number of para-hydroxylation sites is 1. The maximum atomic E-state index is 14.7. The zero-order chi connectivity index (χ0) is 32.3. The van der Waals surface area contributed by atoms with E-state index in [0.717, 1.165) is 39.9 Å². The molecule has 1 aliphatic carbocycles. The van der Waals surface area contributed by atoms with Crippen LogP contribution in [0.3, 0.4) is 0 Å². The number of hydrogen-bond acceptors (Lipinski definition) is 5. The molecule has 44 heavy (non-hydrogen) atoms. The van der Waals surface area contributed by atoms with Gasteiger partial charge in [-0.15, -0.1) is 0 Å². The van der Waals surface area contributed by atoms with Crippen molar-refractivity contribution in [3.05, 3.63) is 94.0 Å². The fourth-order valence-corrected chi connectivity index (χ4v) is 5.68. The third kappa shape index (κ3) is 8.18. The first kappa shape index (κ1) is 32.6. The van der Waals surface area contributed by atoms with Crippen molar-refractivity contribution >= 4 is 23.6 Å².